The van der Waals surface area contributed by atoms with Gasteiger partial charge in [-0.05, 0) is 31.1 Å². The van der Waals surface area contributed by atoms with Gasteiger partial charge in [0.1, 0.15) is 0 Å². The summed E-state index contributed by atoms with van der Waals surface area (Å²) in [5.41, 5.74) is 2.33. The van der Waals surface area contributed by atoms with Gasteiger partial charge in [0, 0.05) is 6.20 Å². The third-order valence-electron chi connectivity index (χ3n) is 1.78. The molecule has 1 rings (SSSR count). The van der Waals surface area contributed by atoms with Gasteiger partial charge in [0.2, 0.25) is 0 Å². The molecule has 1 aromatic rings. The van der Waals surface area contributed by atoms with Crippen molar-refractivity contribution < 1.29 is 0 Å². The normalized spacial score (nSPS) is 10.8. The molecule has 1 heteroatoms. The van der Waals surface area contributed by atoms with Crippen molar-refractivity contribution >= 4 is 6.08 Å². The average Bonchev–Trinajstić information content (AvgIpc) is 2.09. The predicted molar refractivity (Wildman–Crippen MR) is 52.9 cm³/mol. The van der Waals surface area contributed by atoms with E-state index >= 15 is 0 Å². The molecule has 0 N–H and O–H groups in total. The molecule has 0 spiro atoms. The molecule has 12 heavy (non-hydrogen) atoms. The fourth-order valence-corrected chi connectivity index (χ4v) is 1.03. The summed E-state index contributed by atoms with van der Waals surface area (Å²) in [6.45, 7) is 4.26. The Kier molecular flexibility index (Phi) is 3.52. The molecule has 0 aliphatic carbocycles. The van der Waals surface area contributed by atoms with Crippen LogP contribution in [0.5, 0.6) is 0 Å². The van der Waals surface area contributed by atoms with Crippen LogP contribution in [0.4, 0.5) is 0 Å². The highest BCUT2D eigenvalue weighted by Gasteiger charge is 1.90. The predicted octanol–water partition coefficient (Wildman–Crippen LogP) is 3.20. The molecule has 1 aromatic heterocycles. The molecule has 0 aromatic carbocycles. The van der Waals surface area contributed by atoms with Crippen LogP contribution in [0.3, 0.4) is 0 Å². The average molecular weight is 161 g/mol. The van der Waals surface area contributed by atoms with Gasteiger partial charge in [-0.15, -0.1) is 0 Å². The molecule has 0 saturated heterocycles. The second-order valence-corrected chi connectivity index (χ2v) is 2.90. The summed E-state index contributed by atoms with van der Waals surface area (Å²) in [6, 6.07) is 4.05. The first-order chi connectivity index (χ1) is 5.84. The van der Waals surface area contributed by atoms with Crippen LogP contribution in [-0.2, 0) is 0 Å². The molecule has 0 unspecified atom stereocenters. The minimum atomic E-state index is 1.09. The van der Waals surface area contributed by atoms with E-state index < -0.39 is 0 Å². The number of aromatic nitrogens is 1. The van der Waals surface area contributed by atoms with Gasteiger partial charge in [-0.25, -0.2) is 0 Å². The minimum absolute atomic E-state index is 1.09. The molecule has 0 amide bonds. The van der Waals surface area contributed by atoms with Crippen LogP contribution in [-0.4, -0.2) is 4.98 Å². The van der Waals surface area contributed by atoms with E-state index in [0.29, 0.717) is 0 Å². The summed E-state index contributed by atoms with van der Waals surface area (Å²) < 4.78 is 0. The highest BCUT2D eigenvalue weighted by Crippen LogP contribution is 2.05. The molecule has 0 atom stereocenters. The van der Waals surface area contributed by atoms with Crippen molar-refractivity contribution in [3.05, 3.63) is 35.7 Å². The molecule has 0 bridgehead atoms. The lowest BCUT2D eigenvalue weighted by atomic mass is 10.2. The zero-order chi connectivity index (χ0) is 8.81. The van der Waals surface area contributed by atoms with Gasteiger partial charge in [-0.2, -0.15) is 0 Å². The van der Waals surface area contributed by atoms with E-state index in [0.717, 1.165) is 12.1 Å². The first-order valence-corrected chi connectivity index (χ1v) is 4.42. The van der Waals surface area contributed by atoms with Crippen molar-refractivity contribution in [2.24, 2.45) is 0 Å². The second-order valence-electron chi connectivity index (χ2n) is 2.90. The van der Waals surface area contributed by atoms with Gasteiger partial charge < -0.3 is 0 Å². The van der Waals surface area contributed by atoms with Crippen molar-refractivity contribution in [3.63, 3.8) is 0 Å². The van der Waals surface area contributed by atoms with Crippen LogP contribution in [0, 0.1) is 6.92 Å². The number of pyridine rings is 1. The van der Waals surface area contributed by atoms with E-state index in [9.17, 15) is 0 Å². The number of hydrogen-bond donors (Lipinski definition) is 0. The smallest absolute Gasteiger partial charge is 0.0655 e. The summed E-state index contributed by atoms with van der Waals surface area (Å²) in [6.07, 6.45) is 8.44. The van der Waals surface area contributed by atoms with Crippen molar-refractivity contribution in [2.75, 3.05) is 0 Å². The quantitative estimate of drug-likeness (QED) is 0.663. The maximum absolute atomic E-state index is 4.26. The fraction of sp³-hybridized carbons (Fsp3) is 0.364. The summed E-state index contributed by atoms with van der Waals surface area (Å²) in [5, 5.41) is 0. The van der Waals surface area contributed by atoms with Crippen LogP contribution in [0.2, 0.25) is 0 Å². The number of nitrogens with zero attached hydrogens (tertiary/aromatic N) is 1. The third kappa shape index (κ3) is 2.50. The largest absolute Gasteiger partial charge is 0.257 e. The second kappa shape index (κ2) is 4.70. The topological polar surface area (TPSA) is 12.9 Å². The van der Waals surface area contributed by atoms with Gasteiger partial charge in [0.05, 0.1) is 5.69 Å². The molecular formula is C11H15N. The molecule has 0 aliphatic heterocycles. The summed E-state index contributed by atoms with van der Waals surface area (Å²) in [5.74, 6) is 0. The van der Waals surface area contributed by atoms with Gasteiger partial charge in [0.25, 0.3) is 0 Å². The lowest BCUT2D eigenvalue weighted by Crippen LogP contribution is -1.83. The molecule has 0 aliphatic rings. The van der Waals surface area contributed by atoms with E-state index in [1.165, 1.54) is 12.0 Å². The van der Waals surface area contributed by atoms with Crippen molar-refractivity contribution in [3.8, 4) is 0 Å². The zero-order valence-electron chi connectivity index (χ0n) is 7.75. The van der Waals surface area contributed by atoms with Crippen LogP contribution in [0.25, 0.3) is 6.08 Å². The highest BCUT2D eigenvalue weighted by molar-refractivity contribution is 5.48. The Morgan fingerprint density at radius 1 is 1.50 bits per heavy atom. The van der Waals surface area contributed by atoms with E-state index in [1.807, 2.05) is 12.3 Å². The first-order valence-electron chi connectivity index (χ1n) is 4.42. The standard InChI is InChI=1S/C11H15N/c1-3-4-5-8-11-10(2)7-6-9-12-11/h5-9H,3-4H2,1-2H3/b8-5-. The molecule has 64 valence electrons. The number of unbranched alkanes of at least 4 members (excludes halogenated alkanes) is 1. The Labute approximate surface area is 74.2 Å². The van der Waals surface area contributed by atoms with Crippen LogP contribution >= 0.6 is 0 Å². The van der Waals surface area contributed by atoms with Crippen molar-refractivity contribution in [1.29, 1.82) is 0 Å². The van der Waals surface area contributed by atoms with Crippen LogP contribution < -0.4 is 0 Å². The lowest BCUT2D eigenvalue weighted by Gasteiger charge is -1.96. The van der Waals surface area contributed by atoms with Gasteiger partial charge in [0.15, 0.2) is 0 Å². The Morgan fingerprint density at radius 2 is 2.33 bits per heavy atom. The van der Waals surface area contributed by atoms with Gasteiger partial charge >= 0.3 is 0 Å². The molecule has 1 heterocycles. The highest BCUT2D eigenvalue weighted by atomic mass is 14.7. The fourth-order valence-electron chi connectivity index (χ4n) is 1.03. The van der Waals surface area contributed by atoms with E-state index in [-0.39, 0.29) is 0 Å². The van der Waals surface area contributed by atoms with Gasteiger partial charge in [-0.1, -0.05) is 25.5 Å². The number of rotatable bonds is 3. The van der Waals surface area contributed by atoms with Crippen molar-refractivity contribution in [2.45, 2.75) is 26.7 Å². The SMILES string of the molecule is CCC/C=C\c1ncccc1C. The maximum atomic E-state index is 4.26. The Hall–Kier alpha value is -1.11. The molecule has 0 fully saturated rings. The summed E-state index contributed by atoms with van der Waals surface area (Å²) in [7, 11) is 0. The van der Waals surface area contributed by atoms with Crippen LogP contribution in [0.15, 0.2) is 24.4 Å². The summed E-state index contributed by atoms with van der Waals surface area (Å²) in [4.78, 5) is 4.26. The van der Waals surface area contributed by atoms with E-state index in [2.05, 4.69) is 37.0 Å². The molecule has 1 nitrogen and oxygen atoms in total. The minimum Gasteiger partial charge on any atom is -0.257 e. The van der Waals surface area contributed by atoms with Gasteiger partial charge in [-0.3, -0.25) is 4.98 Å². The monoisotopic (exact) mass is 161 g/mol. The molecule has 0 saturated carbocycles. The Bertz CT molecular complexity index is 263. The Balaban J connectivity index is 2.68. The molecular weight excluding hydrogens is 146 g/mol. The van der Waals surface area contributed by atoms with Crippen LogP contribution in [0.1, 0.15) is 31.0 Å². The number of hydrogen-bond acceptors (Lipinski definition) is 1. The lowest BCUT2D eigenvalue weighted by molar-refractivity contribution is 0.961. The number of allylic oxidation sites excluding steroid dienone is 1. The maximum Gasteiger partial charge on any atom is 0.0655 e. The number of aryl methyl sites for hydroxylation is 1. The first kappa shape index (κ1) is 8.98. The van der Waals surface area contributed by atoms with Crippen molar-refractivity contribution in [1.82, 2.24) is 4.98 Å². The van der Waals surface area contributed by atoms with E-state index in [4.69, 9.17) is 0 Å². The summed E-state index contributed by atoms with van der Waals surface area (Å²) >= 11 is 0. The zero-order valence-corrected chi connectivity index (χ0v) is 7.75. The Morgan fingerprint density at radius 3 is 3.00 bits per heavy atom. The molecule has 0 radical (unpaired) electrons. The van der Waals surface area contributed by atoms with E-state index in [1.54, 1.807) is 0 Å². The third-order valence-corrected chi connectivity index (χ3v) is 1.78.